The molecule has 0 spiro atoms. The van der Waals surface area contributed by atoms with Crippen molar-refractivity contribution in [2.75, 3.05) is 13.1 Å². The summed E-state index contributed by atoms with van der Waals surface area (Å²) in [6.07, 6.45) is 1.13. The van der Waals surface area contributed by atoms with E-state index >= 15 is 0 Å². The molecule has 1 N–H and O–H groups in total. The van der Waals surface area contributed by atoms with Gasteiger partial charge >= 0.3 is 0 Å². The third-order valence-corrected chi connectivity index (χ3v) is 1.35. The van der Waals surface area contributed by atoms with Crippen LogP contribution in [0.1, 0.15) is 27.2 Å². The molecule has 2 nitrogen and oxygen atoms in total. The highest BCUT2D eigenvalue weighted by Crippen LogP contribution is 1.90. The van der Waals surface area contributed by atoms with E-state index in [9.17, 15) is 0 Å². The smallest absolute Gasteiger partial charge is 0.0925 e. The fourth-order valence-electron chi connectivity index (χ4n) is 0.833. The first-order valence-corrected chi connectivity index (χ1v) is 3.52. The van der Waals surface area contributed by atoms with E-state index in [1.807, 2.05) is 6.92 Å². The molecule has 0 heterocycles. The van der Waals surface area contributed by atoms with Gasteiger partial charge in [0.15, 0.2) is 0 Å². The molecule has 0 aromatic rings. The number of nitrogens with zero attached hydrogens (tertiary/aromatic N) is 1. The van der Waals surface area contributed by atoms with E-state index in [-0.39, 0.29) is 0 Å². The molecule has 0 saturated heterocycles. The number of rotatable bonds is 3. The Labute approximate surface area is 57.4 Å². The minimum atomic E-state index is 0.680. The van der Waals surface area contributed by atoms with Gasteiger partial charge in [0.1, 0.15) is 0 Å². The average Bonchev–Trinajstić information content (AvgIpc) is 1.82. The molecule has 0 aliphatic rings. The summed E-state index contributed by atoms with van der Waals surface area (Å²) < 4.78 is 0. The molecule has 0 rings (SSSR count). The summed E-state index contributed by atoms with van der Waals surface area (Å²) in [6, 6.07) is 0. The molecule has 9 heavy (non-hydrogen) atoms. The summed E-state index contributed by atoms with van der Waals surface area (Å²) >= 11 is 0. The molecule has 2 heteroatoms. The molecule has 0 unspecified atom stereocenters. The zero-order chi connectivity index (χ0) is 7.28. The predicted molar refractivity (Wildman–Crippen MR) is 40.9 cm³/mol. The molecule has 0 aliphatic heterocycles. The molecule has 0 aromatic heterocycles. The van der Waals surface area contributed by atoms with Gasteiger partial charge in [-0.2, -0.15) is 0 Å². The van der Waals surface area contributed by atoms with Crippen LogP contribution in [-0.4, -0.2) is 23.8 Å². The lowest BCUT2D eigenvalue weighted by molar-refractivity contribution is 0.434. The van der Waals surface area contributed by atoms with E-state index in [1.54, 1.807) is 0 Å². The Kier molecular flexibility index (Phi) is 4.10. The summed E-state index contributed by atoms with van der Waals surface area (Å²) in [7, 11) is 0. The van der Waals surface area contributed by atoms with Crippen molar-refractivity contribution in [2.45, 2.75) is 27.2 Å². The molecule has 0 bridgehead atoms. The zero-order valence-electron chi connectivity index (χ0n) is 6.57. The van der Waals surface area contributed by atoms with Gasteiger partial charge in [-0.05, 0) is 20.3 Å². The molecule has 0 aliphatic carbocycles. The molecule has 0 fully saturated rings. The van der Waals surface area contributed by atoms with Crippen LogP contribution in [-0.2, 0) is 0 Å². The Hall–Kier alpha value is -0.530. The normalized spacial score (nSPS) is 9.22. The van der Waals surface area contributed by atoms with Crippen LogP contribution in [0.25, 0.3) is 0 Å². The van der Waals surface area contributed by atoms with E-state index in [2.05, 4.69) is 18.7 Å². The van der Waals surface area contributed by atoms with Crippen molar-refractivity contribution in [3.63, 3.8) is 0 Å². The maximum atomic E-state index is 7.28. The van der Waals surface area contributed by atoms with Crippen LogP contribution in [0.3, 0.4) is 0 Å². The second kappa shape index (κ2) is 4.36. The fourth-order valence-corrected chi connectivity index (χ4v) is 0.833. The van der Waals surface area contributed by atoms with E-state index in [0.717, 1.165) is 19.5 Å². The standard InChI is InChI=1S/C7H16N2/c1-4-6-9(5-2)7(3)8/h8H,4-6H2,1-3H3. The minimum Gasteiger partial charge on any atom is -0.361 e. The first-order valence-electron chi connectivity index (χ1n) is 3.52. The van der Waals surface area contributed by atoms with Gasteiger partial charge in [0.25, 0.3) is 0 Å². The predicted octanol–water partition coefficient (Wildman–Crippen LogP) is 1.72. The Morgan fingerprint density at radius 3 is 2.11 bits per heavy atom. The second-order valence-electron chi connectivity index (χ2n) is 2.17. The first kappa shape index (κ1) is 8.47. The number of amidine groups is 1. The van der Waals surface area contributed by atoms with Gasteiger partial charge < -0.3 is 4.90 Å². The van der Waals surface area contributed by atoms with Gasteiger partial charge in [-0.25, -0.2) is 0 Å². The van der Waals surface area contributed by atoms with Crippen molar-refractivity contribution < 1.29 is 0 Å². The van der Waals surface area contributed by atoms with Crippen LogP contribution in [0, 0.1) is 5.41 Å². The topological polar surface area (TPSA) is 27.1 Å². The fraction of sp³-hybridized carbons (Fsp3) is 0.857. The van der Waals surface area contributed by atoms with Crippen molar-refractivity contribution >= 4 is 5.84 Å². The van der Waals surface area contributed by atoms with E-state index in [4.69, 9.17) is 5.41 Å². The highest BCUT2D eigenvalue weighted by Gasteiger charge is 1.97. The highest BCUT2D eigenvalue weighted by molar-refractivity contribution is 5.76. The summed E-state index contributed by atoms with van der Waals surface area (Å²) in [4.78, 5) is 2.06. The Bertz CT molecular complexity index is 88.9. The molecular weight excluding hydrogens is 112 g/mol. The summed E-state index contributed by atoms with van der Waals surface area (Å²) in [6.45, 7) is 8.02. The maximum Gasteiger partial charge on any atom is 0.0925 e. The van der Waals surface area contributed by atoms with Gasteiger partial charge in [0.05, 0.1) is 5.84 Å². The largest absolute Gasteiger partial charge is 0.361 e. The lowest BCUT2D eigenvalue weighted by Crippen LogP contribution is -2.28. The Balaban J connectivity index is 3.54. The second-order valence-corrected chi connectivity index (χ2v) is 2.17. The van der Waals surface area contributed by atoms with Crippen molar-refractivity contribution in [2.24, 2.45) is 0 Å². The summed E-state index contributed by atoms with van der Waals surface area (Å²) in [5.74, 6) is 0.680. The van der Waals surface area contributed by atoms with Gasteiger partial charge in [-0.3, -0.25) is 5.41 Å². The van der Waals surface area contributed by atoms with E-state index < -0.39 is 0 Å². The summed E-state index contributed by atoms with van der Waals surface area (Å²) in [5, 5.41) is 7.28. The number of hydrogen-bond acceptors (Lipinski definition) is 1. The lowest BCUT2D eigenvalue weighted by Gasteiger charge is -2.19. The van der Waals surface area contributed by atoms with Crippen LogP contribution >= 0.6 is 0 Å². The van der Waals surface area contributed by atoms with Crippen LogP contribution in [0.5, 0.6) is 0 Å². The first-order chi connectivity index (χ1) is 4.22. The zero-order valence-corrected chi connectivity index (χ0v) is 6.57. The molecule has 0 amide bonds. The van der Waals surface area contributed by atoms with Gasteiger partial charge in [0, 0.05) is 13.1 Å². The molecule has 0 atom stereocenters. The van der Waals surface area contributed by atoms with Crippen LogP contribution in [0.15, 0.2) is 0 Å². The van der Waals surface area contributed by atoms with Crippen LogP contribution in [0.4, 0.5) is 0 Å². The van der Waals surface area contributed by atoms with Crippen molar-refractivity contribution in [1.82, 2.24) is 4.90 Å². The van der Waals surface area contributed by atoms with Crippen molar-refractivity contribution in [3.05, 3.63) is 0 Å². The van der Waals surface area contributed by atoms with E-state index in [0.29, 0.717) is 5.84 Å². The molecule has 0 saturated carbocycles. The van der Waals surface area contributed by atoms with Gasteiger partial charge in [-0.15, -0.1) is 0 Å². The quantitative estimate of drug-likeness (QED) is 0.454. The molecular formula is C7H16N2. The monoisotopic (exact) mass is 128 g/mol. The molecule has 0 radical (unpaired) electrons. The number of hydrogen-bond donors (Lipinski definition) is 1. The maximum absolute atomic E-state index is 7.28. The van der Waals surface area contributed by atoms with E-state index in [1.165, 1.54) is 0 Å². The molecule has 54 valence electrons. The Morgan fingerprint density at radius 1 is 1.44 bits per heavy atom. The molecule has 0 aromatic carbocycles. The SMILES string of the molecule is CCCN(CC)C(C)=N. The average molecular weight is 128 g/mol. The lowest BCUT2D eigenvalue weighted by atomic mass is 10.4. The van der Waals surface area contributed by atoms with Crippen molar-refractivity contribution in [3.8, 4) is 0 Å². The minimum absolute atomic E-state index is 0.680. The van der Waals surface area contributed by atoms with Crippen LogP contribution < -0.4 is 0 Å². The van der Waals surface area contributed by atoms with Gasteiger partial charge in [0.2, 0.25) is 0 Å². The van der Waals surface area contributed by atoms with Gasteiger partial charge in [-0.1, -0.05) is 6.92 Å². The summed E-state index contributed by atoms with van der Waals surface area (Å²) in [5.41, 5.74) is 0. The third kappa shape index (κ3) is 3.12. The Morgan fingerprint density at radius 2 is 2.00 bits per heavy atom. The third-order valence-electron chi connectivity index (χ3n) is 1.35. The van der Waals surface area contributed by atoms with Crippen LogP contribution in [0.2, 0.25) is 0 Å². The number of nitrogens with one attached hydrogen (secondary N) is 1. The highest BCUT2D eigenvalue weighted by atomic mass is 15.1. The van der Waals surface area contributed by atoms with Crippen molar-refractivity contribution in [1.29, 1.82) is 5.41 Å².